The van der Waals surface area contributed by atoms with Crippen molar-refractivity contribution in [1.29, 1.82) is 0 Å². The Labute approximate surface area is 163 Å². The smallest absolute Gasteiger partial charge is 0.130 e. The van der Waals surface area contributed by atoms with Crippen LogP contribution in [0.2, 0.25) is 0 Å². The van der Waals surface area contributed by atoms with Gasteiger partial charge in [-0.2, -0.15) is 0 Å². The number of rotatable bonds is 8. The van der Waals surface area contributed by atoms with Gasteiger partial charge in [-0.05, 0) is 68.0 Å². The summed E-state index contributed by atoms with van der Waals surface area (Å²) in [5.41, 5.74) is 5.45. The summed E-state index contributed by atoms with van der Waals surface area (Å²) in [6.07, 6.45) is 11.2. The third-order valence-corrected chi connectivity index (χ3v) is 4.93. The fraction of sp³-hybridized carbons (Fsp3) is 0.435. The molecule has 1 N–H and O–H groups in total. The van der Waals surface area contributed by atoms with Crippen LogP contribution in [0.5, 0.6) is 0 Å². The van der Waals surface area contributed by atoms with E-state index in [0.717, 1.165) is 35.5 Å². The van der Waals surface area contributed by atoms with Crippen LogP contribution >= 0.6 is 11.6 Å². The molecule has 2 nitrogen and oxygen atoms in total. The van der Waals surface area contributed by atoms with Crippen LogP contribution in [0.15, 0.2) is 59.3 Å². The Morgan fingerprint density at radius 3 is 2.54 bits per heavy atom. The van der Waals surface area contributed by atoms with Gasteiger partial charge in [-0.15, -0.1) is 0 Å². The maximum absolute atomic E-state index is 6.07. The molecule has 0 amide bonds. The number of aryl methyl sites for hydroxylation is 1. The summed E-state index contributed by atoms with van der Waals surface area (Å²) >= 11 is 6.07. The summed E-state index contributed by atoms with van der Waals surface area (Å²) in [4.78, 5) is 4.94. The molecule has 140 valence electrons. The number of nitrogens with one attached hydrogen (secondary N) is 1. The highest BCUT2D eigenvalue weighted by Gasteiger charge is 2.20. The van der Waals surface area contributed by atoms with E-state index in [-0.39, 0.29) is 0 Å². The highest BCUT2D eigenvalue weighted by molar-refractivity contribution is 6.30. The average molecular weight is 371 g/mol. The molecule has 1 fully saturated rings. The van der Waals surface area contributed by atoms with Gasteiger partial charge in [0, 0.05) is 22.3 Å². The number of anilines is 1. The van der Waals surface area contributed by atoms with E-state index in [1.54, 1.807) is 0 Å². The maximum Gasteiger partial charge on any atom is 0.130 e. The number of pyridine rings is 1. The molecule has 0 radical (unpaired) electrons. The summed E-state index contributed by atoms with van der Waals surface area (Å²) < 4.78 is 0. The van der Waals surface area contributed by atoms with Crippen molar-refractivity contribution < 1.29 is 0 Å². The summed E-state index contributed by atoms with van der Waals surface area (Å²) in [6, 6.07) is 4.45. The Morgan fingerprint density at radius 2 is 2.00 bits per heavy atom. The van der Waals surface area contributed by atoms with Gasteiger partial charge >= 0.3 is 0 Å². The van der Waals surface area contributed by atoms with Gasteiger partial charge in [0.05, 0.1) is 0 Å². The van der Waals surface area contributed by atoms with Crippen molar-refractivity contribution in [3.8, 4) is 0 Å². The lowest BCUT2D eigenvalue weighted by Gasteiger charge is -2.18. The Bertz CT molecular complexity index is 722. The molecule has 0 atom stereocenters. The van der Waals surface area contributed by atoms with E-state index in [1.165, 1.54) is 36.9 Å². The average Bonchev–Trinajstić information content (AvgIpc) is 3.09. The molecule has 0 aliphatic heterocycles. The summed E-state index contributed by atoms with van der Waals surface area (Å²) in [6.45, 7) is 14.1. The van der Waals surface area contributed by atoms with Crippen LogP contribution in [0.3, 0.4) is 0 Å². The van der Waals surface area contributed by atoms with Gasteiger partial charge in [-0.3, -0.25) is 0 Å². The van der Waals surface area contributed by atoms with Crippen molar-refractivity contribution >= 4 is 17.4 Å². The fourth-order valence-corrected chi connectivity index (χ4v) is 3.76. The van der Waals surface area contributed by atoms with E-state index in [0.29, 0.717) is 11.0 Å². The Hall–Kier alpha value is -1.80. The molecule has 0 saturated heterocycles. The molecule has 1 saturated carbocycles. The molecular weight excluding hydrogens is 340 g/mol. The first-order valence-electron chi connectivity index (χ1n) is 9.61. The van der Waals surface area contributed by atoms with E-state index in [2.05, 4.69) is 37.5 Å². The Morgan fingerprint density at radius 1 is 1.31 bits per heavy atom. The second-order valence-corrected chi connectivity index (χ2v) is 7.61. The predicted molar refractivity (Wildman–Crippen MR) is 115 cm³/mol. The normalized spacial score (nSPS) is 16.0. The largest absolute Gasteiger partial charge is 0.340 e. The number of nitrogens with zero attached hydrogens (tertiary/aromatic N) is 1. The van der Waals surface area contributed by atoms with Crippen LogP contribution in [0.1, 0.15) is 70.1 Å². The third-order valence-electron chi connectivity index (χ3n) is 4.82. The van der Waals surface area contributed by atoms with Gasteiger partial charge in [-0.1, -0.05) is 57.0 Å². The van der Waals surface area contributed by atoms with E-state index in [1.807, 2.05) is 26.0 Å². The number of halogens is 1. The molecule has 0 aromatic carbocycles. The monoisotopic (exact) mass is 370 g/mol. The number of hydrogen-bond acceptors (Lipinski definition) is 2. The standard InChI is InChI=1S/C23H31ClN2/c1-6-10-18-14-21(19-11-8-9-12-19)25-23(15-18)26-22(13-17(5)24)20(7-2)16(3)4/h7,13-15,19H,3,5-6,8-12H2,1-2,4H3,(H,25,26)/b20-7-,22-13+. The Balaban J connectivity index is 2.40. The van der Waals surface area contributed by atoms with Crippen LogP contribution in [0, 0.1) is 0 Å². The molecule has 1 heterocycles. The van der Waals surface area contributed by atoms with Gasteiger partial charge in [-0.25, -0.2) is 4.98 Å². The number of aromatic nitrogens is 1. The molecule has 0 spiro atoms. The van der Waals surface area contributed by atoms with E-state index < -0.39 is 0 Å². The van der Waals surface area contributed by atoms with Crippen molar-refractivity contribution in [2.75, 3.05) is 5.32 Å². The molecule has 1 aromatic rings. The van der Waals surface area contributed by atoms with Crippen molar-refractivity contribution in [2.24, 2.45) is 0 Å². The number of hydrogen-bond donors (Lipinski definition) is 1. The van der Waals surface area contributed by atoms with Gasteiger partial charge < -0.3 is 5.32 Å². The minimum Gasteiger partial charge on any atom is -0.340 e. The van der Waals surface area contributed by atoms with Crippen molar-refractivity contribution in [1.82, 2.24) is 4.98 Å². The second-order valence-electron chi connectivity index (χ2n) is 7.13. The number of allylic oxidation sites excluding steroid dienone is 4. The molecule has 1 aliphatic rings. The highest BCUT2D eigenvalue weighted by Crippen LogP contribution is 2.34. The first-order valence-corrected chi connectivity index (χ1v) is 9.99. The van der Waals surface area contributed by atoms with Crippen molar-refractivity contribution in [2.45, 2.75) is 65.2 Å². The van der Waals surface area contributed by atoms with Crippen LogP contribution in [0.25, 0.3) is 0 Å². The van der Waals surface area contributed by atoms with Gasteiger partial charge in [0.15, 0.2) is 0 Å². The molecular formula is C23H31ClN2. The van der Waals surface area contributed by atoms with Crippen LogP contribution in [-0.2, 0) is 6.42 Å². The van der Waals surface area contributed by atoms with Crippen molar-refractivity contribution in [3.63, 3.8) is 0 Å². The molecule has 3 heteroatoms. The third kappa shape index (κ3) is 5.60. The second kappa shape index (κ2) is 9.78. The summed E-state index contributed by atoms with van der Waals surface area (Å²) in [5, 5.41) is 3.96. The molecule has 0 unspecified atom stereocenters. The fourth-order valence-electron chi connectivity index (χ4n) is 3.65. The van der Waals surface area contributed by atoms with Crippen molar-refractivity contribution in [3.05, 3.63) is 70.6 Å². The zero-order valence-corrected chi connectivity index (χ0v) is 17.1. The highest BCUT2D eigenvalue weighted by atomic mass is 35.5. The SMILES string of the molecule is C=C(Cl)/C=C(Nc1cc(CCC)cc(C2CCCC2)n1)\C(=C/C)C(=C)C. The lowest BCUT2D eigenvalue weighted by Crippen LogP contribution is -2.08. The molecule has 2 rings (SSSR count). The van der Waals surface area contributed by atoms with E-state index >= 15 is 0 Å². The minimum atomic E-state index is 0.480. The van der Waals surface area contributed by atoms with Gasteiger partial charge in [0.2, 0.25) is 0 Å². The van der Waals surface area contributed by atoms with E-state index in [9.17, 15) is 0 Å². The maximum atomic E-state index is 6.07. The lowest BCUT2D eigenvalue weighted by molar-refractivity contribution is 0.695. The van der Waals surface area contributed by atoms with Crippen LogP contribution < -0.4 is 5.32 Å². The first kappa shape index (κ1) is 20.5. The van der Waals surface area contributed by atoms with Gasteiger partial charge in [0.1, 0.15) is 5.82 Å². The van der Waals surface area contributed by atoms with Crippen LogP contribution in [-0.4, -0.2) is 4.98 Å². The zero-order chi connectivity index (χ0) is 19.1. The quantitative estimate of drug-likeness (QED) is 0.487. The zero-order valence-electron chi connectivity index (χ0n) is 16.4. The summed E-state index contributed by atoms with van der Waals surface area (Å²) in [5.74, 6) is 1.47. The topological polar surface area (TPSA) is 24.9 Å². The molecule has 1 aromatic heterocycles. The minimum absolute atomic E-state index is 0.480. The van der Waals surface area contributed by atoms with Gasteiger partial charge in [0.25, 0.3) is 0 Å². The first-order chi connectivity index (χ1) is 12.4. The molecule has 26 heavy (non-hydrogen) atoms. The predicted octanol–water partition coefficient (Wildman–Crippen LogP) is 7.26. The van der Waals surface area contributed by atoms with Crippen LogP contribution in [0.4, 0.5) is 5.82 Å². The molecule has 1 aliphatic carbocycles. The lowest BCUT2D eigenvalue weighted by atomic mass is 10.00. The summed E-state index contributed by atoms with van der Waals surface area (Å²) in [7, 11) is 0. The molecule has 0 bridgehead atoms. The van der Waals surface area contributed by atoms with E-state index in [4.69, 9.17) is 16.6 Å². The Kier molecular flexibility index (Phi) is 7.71.